The number of hydrogen-bond donors (Lipinski definition) is 1. The Morgan fingerprint density at radius 2 is 1.76 bits per heavy atom. The molecule has 2 aromatic carbocycles. The first-order valence-corrected chi connectivity index (χ1v) is 11.1. The molecule has 33 heavy (non-hydrogen) atoms. The highest BCUT2D eigenvalue weighted by atomic mass is 16.5. The van der Waals surface area contributed by atoms with Crippen molar-refractivity contribution in [3.8, 4) is 11.5 Å². The summed E-state index contributed by atoms with van der Waals surface area (Å²) in [6.07, 6.45) is 2.28. The molecule has 0 amide bonds. The molecule has 1 N–H and O–H groups in total. The number of methoxy groups -OCH3 is 3. The molecule has 1 aliphatic carbocycles. The molecule has 1 fully saturated rings. The molecule has 174 valence electrons. The minimum absolute atomic E-state index is 0.426. The number of anilines is 1. The van der Waals surface area contributed by atoms with E-state index in [1.165, 1.54) is 0 Å². The first kappa shape index (κ1) is 22.8. The fourth-order valence-electron chi connectivity index (χ4n) is 4.16. The van der Waals surface area contributed by atoms with E-state index in [9.17, 15) is 0 Å². The third-order valence-electron chi connectivity index (χ3n) is 5.86. The maximum absolute atomic E-state index is 5.48. The van der Waals surface area contributed by atoms with E-state index in [1.54, 1.807) is 28.4 Å². The first-order chi connectivity index (χ1) is 16.1. The molecule has 0 atom stereocenters. The van der Waals surface area contributed by atoms with Crippen molar-refractivity contribution in [2.75, 3.05) is 33.8 Å². The van der Waals surface area contributed by atoms with E-state index in [2.05, 4.69) is 17.0 Å². The predicted molar refractivity (Wildman–Crippen MR) is 129 cm³/mol. The molecule has 4 aromatic rings. The molecular formula is C25H31N5O3. The molecule has 0 saturated heterocycles. The minimum Gasteiger partial charge on any atom is -0.497 e. The molecule has 2 aromatic heterocycles. The fourth-order valence-corrected chi connectivity index (χ4v) is 4.16. The van der Waals surface area contributed by atoms with E-state index in [0.29, 0.717) is 18.4 Å². The Morgan fingerprint density at radius 1 is 1.00 bits per heavy atom. The summed E-state index contributed by atoms with van der Waals surface area (Å²) in [5.74, 6) is 4.33. The molecule has 0 bridgehead atoms. The Labute approximate surface area is 193 Å². The van der Waals surface area contributed by atoms with E-state index in [-0.39, 0.29) is 0 Å². The van der Waals surface area contributed by atoms with Crippen molar-refractivity contribution in [3.05, 3.63) is 53.9 Å². The Hall–Kier alpha value is -3.39. The van der Waals surface area contributed by atoms with Crippen LogP contribution in [0.15, 0.2) is 42.5 Å². The van der Waals surface area contributed by atoms with Crippen LogP contribution in [0.25, 0.3) is 16.6 Å². The van der Waals surface area contributed by atoms with Gasteiger partial charge < -0.3 is 19.5 Å². The van der Waals surface area contributed by atoms with Gasteiger partial charge in [0, 0.05) is 43.7 Å². The number of para-hydroxylation sites is 1. The number of ether oxygens (including phenoxy) is 3. The smallest absolute Gasteiger partial charge is 0.226 e. The first-order valence-electron chi connectivity index (χ1n) is 11.1. The summed E-state index contributed by atoms with van der Waals surface area (Å²) in [4.78, 5) is 9.75. The molecule has 2 heterocycles. The SMILES string of the molecule is COC.COc1ccc2c(c1)nc(NCc1ccccc1OC)n1nc(C3CC(C)C3)nc21. The second kappa shape index (κ2) is 10.0. The monoisotopic (exact) mass is 449 g/mol. The molecule has 1 aliphatic rings. The van der Waals surface area contributed by atoms with Crippen LogP contribution in [0.2, 0.25) is 0 Å². The normalized spacial score (nSPS) is 17.2. The lowest BCUT2D eigenvalue weighted by Gasteiger charge is -2.29. The zero-order valence-corrected chi connectivity index (χ0v) is 19.8. The number of benzene rings is 2. The summed E-state index contributed by atoms with van der Waals surface area (Å²) in [6.45, 7) is 2.84. The van der Waals surface area contributed by atoms with E-state index in [1.807, 2.05) is 47.0 Å². The van der Waals surface area contributed by atoms with E-state index in [4.69, 9.17) is 24.5 Å². The van der Waals surface area contributed by atoms with Crippen molar-refractivity contribution in [2.24, 2.45) is 5.92 Å². The van der Waals surface area contributed by atoms with Gasteiger partial charge in [0.25, 0.3) is 0 Å². The molecule has 0 spiro atoms. The highest BCUT2D eigenvalue weighted by Crippen LogP contribution is 2.40. The van der Waals surface area contributed by atoms with Gasteiger partial charge in [0.05, 0.1) is 19.7 Å². The van der Waals surface area contributed by atoms with Crippen molar-refractivity contribution in [1.29, 1.82) is 0 Å². The van der Waals surface area contributed by atoms with E-state index in [0.717, 1.165) is 58.2 Å². The average Bonchev–Trinajstić information content (AvgIpc) is 3.26. The van der Waals surface area contributed by atoms with Crippen LogP contribution < -0.4 is 14.8 Å². The number of hydrogen-bond acceptors (Lipinski definition) is 7. The number of rotatable bonds is 6. The summed E-state index contributed by atoms with van der Waals surface area (Å²) >= 11 is 0. The van der Waals surface area contributed by atoms with Crippen LogP contribution in [0.3, 0.4) is 0 Å². The van der Waals surface area contributed by atoms with Crippen molar-refractivity contribution in [3.63, 3.8) is 0 Å². The summed E-state index contributed by atoms with van der Waals surface area (Å²) < 4.78 is 17.0. The molecular weight excluding hydrogens is 418 g/mol. The van der Waals surface area contributed by atoms with Crippen molar-refractivity contribution in [2.45, 2.75) is 32.2 Å². The van der Waals surface area contributed by atoms with Gasteiger partial charge in [-0.1, -0.05) is 25.1 Å². The van der Waals surface area contributed by atoms with Crippen LogP contribution in [0.1, 0.15) is 37.1 Å². The number of aromatic nitrogens is 4. The van der Waals surface area contributed by atoms with Crippen molar-refractivity contribution < 1.29 is 14.2 Å². The van der Waals surface area contributed by atoms with Gasteiger partial charge in [0.1, 0.15) is 11.5 Å². The highest BCUT2D eigenvalue weighted by Gasteiger charge is 2.30. The quantitative estimate of drug-likeness (QED) is 0.457. The molecule has 8 heteroatoms. The Balaban J connectivity index is 0.000000821. The zero-order chi connectivity index (χ0) is 23.4. The topological polar surface area (TPSA) is 82.8 Å². The number of nitrogens with one attached hydrogen (secondary N) is 1. The van der Waals surface area contributed by atoms with Gasteiger partial charge in [-0.2, -0.15) is 4.52 Å². The van der Waals surface area contributed by atoms with Crippen LogP contribution in [-0.4, -0.2) is 48.0 Å². The summed E-state index contributed by atoms with van der Waals surface area (Å²) in [7, 11) is 6.59. The molecule has 0 aliphatic heterocycles. The van der Waals surface area contributed by atoms with Gasteiger partial charge in [-0.3, -0.25) is 0 Å². The van der Waals surface area contributed by atoms with E-state index >= 15 is 0 Å². The van der Waals surface area contributed by atoms with Gasteiger partial charge in [0.2, 0.25) is 5.95 Å². The second-order valence-electron chi connectivity index (χ2n) is 8.37. The Kier molecular flexibility index (Phi) is 6.93. The van der Waals surface area contributed by atoms with Crippen LogP contribution >= 0.6 is 0 Å². The molecule has 0 radical (unpaired) electrons. The third-order valence-corrected chi connectivity index (χ3v) is 5.86. The van der Waals surface area contributed by atoms with E-state index < -0.39 is 0 Å². The van der Waals surface area contributed by atoms with Crippen molar-refractivity contribution in [1.82, 2.24) is 19.6 Å². The van der Waals surface area contributed by atoms with Crippen molar-refractivity contribution >= 4 is 22.5 Å². The maximum Gasteiger partial charge on any atom is 0.226 e. The van der Waals surface area contributed by atoms with Gasteiger partial charge in [-0.05, 0) is 37.0 Å². The van der Waals surface area contributed by atoms with Gasteiger partial charge >= 0.3 is 0 Å². The molecule has 0 unspecified atom stereocenters. The van der Waals surface area contributed by atoms with Gasteiger partial charge in [-0.25, -0.2) is 9.97 Å². The Morgan fingerprint density at radius 3 is 2.45 bits per heavy atom. The van der Waals surface area contributed by atoms with Gasteiger partial charge in [-0.15, -0.1) is 5.10 Å². The molecule has 5 rings (SSSR count). The summed E-state index contributed by atoms with van der Waals surface area (Å²) in [5.41, 5.74) is 2.69. The lowest BCUT2D eigenvalue weighted by molar-refractivity contribution is 0.277. The lowest BCUT2D eigenvalue weighted by atomic mass is 9.76. The van der Waals surface area contributed by atoms with Crippen LogP contribution in [0.4, 0.5) is 5.95 Å². The number of fused-ring (bicyclic) bond motifs is 3. The number of nitrogens with zero attached hydrogens (tertiary/aromatic N) is 4. The van der Waals surface area contributed by atoms with Crippen LogP contribution in [0, 0.1) is 5.92 Å². The maximum atomic E-state index is 5.48. The highest BCUT2D eigenvalue weighted by molar-refractivity contribution is 5.93. The second-order valence-corrected chi connectivity index (χ2v) is 8.37. The third kappa shape index (κ3) is 4.71. The largest absolute Gasteiger partial charge is 0.497 e. The zero-order valence-electron chi connectivity index (χ0n) is 19.8. The molecule has 8 nitrogen and oxygen atoms in total. The van der Waals surface area contributed by atoms with Crippen LogP contribution in [0.5, 0.6) is 11.5 Å². The Bertz CT molecular complexity index is 1230. The fraction of sp³-hybridized carbons (Fsp3) is 0.400. The van der Waals surface area contributed by atoms with Crippen LogP contribution in [-0.2, 0) is 11.3 Å². The minimum atomic E-state index is 0.426. The summed E-state index contributed by atoms with van der Waals surface area (Å²) in [5, 5.41) is 9.23. The average molecular weight is 450 g/mol. The van der Waals surface area contributed by atoms with Gasteiger partial charge in [0.15, 0.2) is 11.5 Å². The standard InChI is InChI=1S/C23H25N5O2.C2H6O/c1-14-10-16(11-14)21-26-22-18-9-8-17(29-2)12-19(18)25-23(28(22)27-21)24-13-15-6-4-5-7-20(15)30-3;1-3-2/h4-9,12,14,16H,10-11,13H2,1-3H3,(H,24,25);1-2H3. The predicted octanol–water partition coefficient (Wildman–Crippen LogP) is 4.68. The summed E-state index contributed by atoms with van der Waals surface area (Å²) in [6, 6.07) is 13.8. The lowest BCUT2D eigenvalue weighted by Crippen LogP contribution is -2.20. The molecule has 1 saturated carbocycles.